The summed E-state index contributed by atoms with van der Waals surface area (Å²) in [5, 5.41) is 9.83. The van der Waals surface area contributed by atoms with Crippen LogP contribution >= 0.6 is 11.6 Å². The molecule has 0 fully saturated rings. The number of nitrogens with zero attached hydrogens (tertiary/aromatic N) is 5. The topological polar surface area (TPSA) is 62.9 Å². The molecule has 0 bridgehead atoms. The minimum Gasteiger partial charge on any atom is -0.312 e. The van der Waals surface area contributed by atoms with Crippen molar-refractivity contribution >= 4 is 23.5 Å². The van der Waals surface area contributed by atoms with Gasteiger partial charge in [0.15, 0.2) is 0 Å². The van der Waals surface area contributed by atoms with E-state index in [4.69, 9.17) is 16.9 Å². The minimum atomic E-state index is 0.0325. The van der Waals surface area contributed by atoms with Gasteiger partial charge in [0.2, 0.25) is 5.96 Å². The molecule has 6 nitrogen and oxygen atoms in total. The van der Waals surface area contributed by atoms with E-state index in [0.717, 1.165) is 34.9 Å². The Morgan fingerprint density at radius 1 is 1.07 bits per heavy atom. The van der Waals surface area contributed by atoms with Gasteiger partial charge in [-0.1, -0.05) is 35.9 Å². The van der Waals surface area contributed by atoms with Gasteiger partial charge in [-0.3, -0.25) is 19.6 Å². The van der Waals surface area contributed by atoms with Gasteiger partial charge in [0.1, 0.15) is 0 Å². The quantitative estimate of drug-likeness (QED) is 0.767. The number of nitriles is 1. The molecule has 0 saturated carbocycles. The van der Waals surface area contributed by atoms with Gasteiger partial charge in [-0.2, -0.15) is 5.26 Å². The summed E-state index contributed by atoms with van der Waals surface area (Å²) in [5.41, 5.74) is 4.68. The monoisotopic (exact) mass is 417 g/mol. The first-order chi connectivity index (χ1) is 14.6. The second kappa shape index (κ2) is 7.60. The van der Waals surface area contributed by atoms with E-state index >= 15 is 0 Å². The molecular weight excluding hydrogens is 398 g/mol. The Morgan fingerprint density at radius 3 is 2.70 bits per heavy atom. The number of carbonyl (C=O) groups excluding carboxylic acids is 1. The molecule has 0 spiro atoms. The predicted octanol–water partition coefficient (Wildman–Crippen LogP) is 3.00. The zero-order valence-electron chi connectivity index (χ0n) is 16.4. The molecule has 150 valence electrons. The molecule has 0 saturated heterocycles. The summed E-state index contributed by atoms with van der Waals surface area (Å²) in [5.74, 6) is 0.784. The van der Waals surface area contributed by atoms with Crippen LogP contribution in [0, 0.1) is 11.3 Å². The fourth-order valence-corrected chi connectivity index (χ4v) is 4.44. The number of guanidine groups is 1. The van der Waals surface area contributed by atoms with Gasteiger partial charge < -0.3 is 4.90 Å². The smallest absolute Gasteiger partial charge is 0.259 e. The molecule has 3 aliphatic heterocycles. The number of hydrogen-bond donors (Lipinski definition) is 0. The number of amides is 1. The molecule has 5 rings (SSSR count). The van der Waals surface area contributed by atoms with Crippen LogP contribution in [0.5, 0.6) is 0 Å². The number of hydrogen-bond acceptors (Lipinski definition) is 5. The lowest BCUT2D eigenvalue weighted by molar-refractivity contribution is -0.125. The largest absolute Gasteiger partial charge is 0.312 e. The Balaban J connectivity index is 1.37. The highest BCUT2D eigenvalue weighted by atomic mass is 35.5. The third-order valence-electron chi connectivity index (χ3n) is 5.71. The van der Waals surface area contributed by atoms with E-state index in [1.165, 1.54) is 0 Å². The maximum atomic E-state index is 13.4. The Hall–Kier alpha value is -3.14. The van der Waals surface area contributed by atoms with Gasteiger partial charge in [0, 0.05) is 36.9 Å². The lowest BCUT2D eigenvalue weighted by Crippen LogP contribution is -2.49. The maximum Gasteiger partial charge on any atom is 0.259 e. The van der Waals surface area contributed by atoms with Crippen molar-refractivity contribution < 1.29 is 4.79 Å². The van der Waals surface area contributed by atoms with Gasteiger partial charge >= 0.3 is 0 Å². The fraction of sp³-hybridized carbons (Fsp3) is 0.261. The Bertz CT molecular complexity index is 1120. The molecule has 3 heterocycles. The Morgan fingerprint density at radius 2 is 1.90 bits per heavy atom. The molecule has 0 atom stereocenters. The molecule has 0 aromatic heterocycles. The molecule has 0 aliphatic carbocycles. The van der Waals surface area contributed by atoms with Crippen LogP contribution in [0.3, 0.4) is 0 Å². The van der Waals surface area contributed by atoms with Crippen LogP contribution in [-0.2, 0) is 17.9 Å². The van der Waals surface area contributed by atoms with E-state index in [1.807, 2.05) is 48.5 Å². The summed E-state index contributed by atoms with van der Waals surface area (Å²) in [6.45, 7) is 3.99. The summed E-state index contributed by atoms with van der Waals surface area (Å²) in [4.78, 5) is 24.2. The van der Waals surface area contributed by atoms with E-state index in [1.54, 1.807) is 4.90 Å². The van der Waals surface area contributed by atoms with Crippen molar-refractivity contribution in [3.05, 3.63) is 81.5 Å². The standard InChI is InChI=1S/C23H20ClN5O/c24-19-6-4-16(5-7-19)13-29-22(30)20-14-27(12-18-3-1-2-17(10-18)11-25)15-21(20)28-9-8-26-23(28)29/h1-7,10H,8-9,12-15H2. The third kappa shape index (κ3) is 3.36. The molecule has 2 aromatic carbocycles. The first-order valence-corrected chi connectivity index (χ1v) is 10.3. The average molecular weight is 418 g/mol. The van der Waals surface area contributed by atoms with E-state index in [9.17, 15) is 4.79 Å². The maximum absolute atomic E-state index is 13.4. The zero-order valence-corrected chi connectivity index (χ0v) is 17.1. The molecule has 30 heavy (non-hydrogen) atoms. The number of rotatable bonds is 4. The van der Waals surface area contributed by atoms with Crippen molar-refractivity contribution in [1.29, 1.82) is 5.26 Å². The number of fused-ring (bicyclic) bond motifs is 2. The second-order valence-corrected chi connectivity index (χ2v) is 8.17. The molecule has 2 aromatic rings. The lowest BCUT2D eigenvalue weighted by Gasteiger charge is -2.35. The summed E-state index contributed by atoms with van der Waals surface area (Å²) in [6.07, 6.45) is 0. The van der Waals surface area contributed by atoms with Gasteiger partial charge in [-0.25, -0.2) is 0 Å². The highest BCUT2D eigenvalue weighted by Gasteiger charge is 2.42. The third-order valence-corrected chi connectivity index (χ3v) is 5.96. The van der Waals surface area contributed by atoms with Crippen LogP contribution < -0.4 is 0 Å². The number of benzene rings is 2. The SMILES string of the molecule is N#Cc1cccc(CN2CC3=C(C2)N2CCN=C2N(Cc2ccc(Cl)cc2)C3=O)c1. The van der Waals surface area contributed by atoms with Crippen LogP contribution in [0.4, 0.5) is 0 Å². The fourth-order valence-electron chi connectivity index (χ4n) is 4.32. The number of aliphatic imine (C=N–C) groups is 1. The molecule has 1 amide bonds. The highest BCUT2D eigenvalue weighted by molar-refractivity contribution is 6.30. The van der Waals surface area contributed by atoms with E-state index < -0.39 is 0 Å². The highest BCUT2D eigenvalue weighted by Crippen LogP contribution is 2.32. The molecule has 3 aliphatic rings. The van der Waals surface area contributed by atoms with Crippen molar-refractivity contribution in [2.75, 3.05) is 26.2 Å². The van der Waals surface area contributed by atoms with Crippen LogP contribution in [0.25, 0.3) is 0 Å². The van der Waals surface area contributed by atoms with Gasteiger partial charge in [0.05, 0.1) is 30.3 Å². The Labute approximate surface area is 180 Å². The molecule has 0 N–H and O–H groups in total. The zero-order chi connectivity index (χ0) is 20.7. The first kappa shape index (κ1) is 18.9. The lowest BCUT2D eigenvalue weighted by atomic mass is 10.1. The van der Waals surface area contributed by atoms with E-state index in [0.29, 0.717) is 43.3 Å². The number of carbonyl (C=O) groups is 1. The van der Waals surface area contributed by atoms with E-state index in [2.05, 4.69) is 20.9 Å². The average Bonchev–Trinajstić information content (AvgIpc) is 3.40. The minimum absolute atomic E-state index is 0.0325. The molecular formula is C23H20ClN5O. The summed E-state index contributed by atoms with van der Waals surface area (Å²) in [7, 11) is 0. The van der Waals surface area contributed by atoms with E-state index in [-0.39, 0.29) is 5.91 Å². The van der Waals surface area contributed by atoms with Crippen molar-refractivity contribution in [1.82, 2.24) is 14.7 Å². The summed E-state index contributed by atoms with van der Waals surface area (Å²) >= 11 is 6.00. The van der Waals surface area contributed by atoms with Crippen LogP contribution in [-0.4, -0.2) is 52.7 Å². The van der Waals surface area contributed by atoms with Gasteiger partial charge in [0.25, 0.3) is 5.91 Å². The molecule has 0 unspecified atom stereocenters. The first-order valence-electron chi connectivity index (χ1n) is 9.94. The van der Waals surface area contributed by atoms with Crippen LogP contribution in [0.1, 0.15) is 16.7 Å². The summed E-state index contributed by atoms with van der Waals surface area (Å²) in [6, 6.07) is 17.4. The summed E-state index contributed by atoms with van der Waals surface area (Å²) < 4.78 is 0. The van der Waals surface area contributed by atoms with Crippen LogP contribution in [0.15, 0.2) is 64.8 Å². The van der Waals surface area contributed by atoms with Crippen molar-refractivity contribution in [3.63, 3.8) is 0 Å². The van der Waals surface area contributed by atoms with Crippen molar-refractivity contribution in [2.24, 2.45) is 4.99 Å². The van der Waals surface area contributed by atoms with Gasteiger partial charge in [-0.05, 0) is 35.4 Å². The predicted molar refractivity (Wildman–Crippen MR) is 114 cm³/mol. The molecule has 7 heteroatoms. The van der Waals surface area contributed by atoms with Crippen molar-refractivity contribution in [2.45, 2.75) is 13.1 Å². The normalized spacial score (nSPS) is 18.4. The second-order valence-electron chi connectivity index (χ2n) is 7.73. The number of halogens is 1. The van der Waals surface area contributed by atoms with Crippen LogP contribution in [0.2, 0.25) is 5.02 Å². The molecule has 0 radical (unpaired) electrons. The Kier molecular flexibility index (Phi) is 4.78. The van der Waals surface area contributed by atoms with Crippen molar-refractivity contribution in [3.8, 4) is 6.07 Å². The van der Waals surface area contributed by atoms with Gasteiger partial charge in [-0.15, -0.1) is 0 Å².